The van der Waals surface area contributed by atoms with E-state index in [4.69, 9.17) is 0 Å². The summed E-state index contributed by atoms with van der Waals surface area (Å²) in [7, 11) is 0. The molecule has 2 aromatic rings. The number of carbonyl (C=O) groups is 1. The van der Waals surface area contributed by atoms with Gasteiger partial charge in [-0.25, -0.2) is 4.39 Å². The SMILES string of the molecule is O=C([C@@H]1CCC[NH+](Cc2cccc(F)c2)C1)N1CCC(Cc2ccccc2)CC1. The van der Waals surface area contributed by atoms with Crippen LogP contribution in [0.1, 0.15) is 36.8 Å². The Labute approximate surface area is 173 Å². The minimum absolute atomic E-state index is 0.123. The van der Waals surface area contributed by atoms with E-state index in [-0.39, 0.29) is 11.7 Å². The Morgan fingerprint density at radius 1 is 1.00 bits per heavy atom. The molecular weight excluding hydrogens is 363 g/mol. The number of benzene rings is 2. The van der Waals surface area contributed by atoms with E-state index >= 15 is 0 Å². The number of quaternary nitrogens is 1. The summed E-state index contributed by atoms with van der Waals surface area (Å²) < 4.78 is 13.5. The lowest BCUT2D eigenvalue weighted by atomic mass is 9.89. The van der Waals surface area contributed by atoms with E-state index < -0.39 is 0 Å². The van der Waals surface area contributed by atoms with Gasteiger partial charge in [-0.2, -0.15) is 0 Å². The first-order chi connectivity index (χ1) is 14.2. The van der Waals surface area contributed by atoms with Crippen molar-refractivity contribution >= 4 is 5.91 Å². The van der Waals surface area contributed by atoms with Crippen LogP contribution in [-0.2, 0) is 17.8 Å². The van der Waals surface area contributed by atoms with Crippen LogP contribution < -0.4 is 4.90 Å². The first-order valence-corrected chi connectivity index (χ1v) is 11.1. The molecule has 0 aliphatic carbocycles. The van der Waals surface area contributed by atoms with Crippen LogP contribution in [0.2, 0.25) is 0 Å². The standard InChI is InChI=1S/C25H31FN2O/c26-24-10-4-8-22(17-24)18-27-13-5-9-23(19-27)25(29)28-14-11-21(12-15-28)16-20-6-2-1-3-7-20/h1-4,6-8,10,17,21,23H,5,9,11-16,18-19H2/p+1/t23-/m1/s1. The first kappa shape index (κ1) is 20.1. The van der Waals surface area contributed by atoms with Gasteiger partial charge in [0.2, 0.25) is 5.91 Å². The third-order valence-electron chi connectivity index (χ3n) is 6.60. The molecule has 0 radical (unpaired) electrons. The van der Waals surface area contributed by atoms with Crippen molar-refractivity contribution in [2.24, 2.45) is 11.8 Å². The summed E-state index contributed by atoms with van der Waals surface area (Å²) in [6.07, 6.45) is 5.40. The van der Waals surface area contributed by atoms with Gasteiger partial charge in [-0.3, -0.25) is 4.79 Å². The Bertz CT molecular complexity index is 801. The maximum absolute atomic E-state index is 13.5. The Morgan fingerprint density at radius 2 is 1.76 bits per heavy atom. The fraction of sp³-hybridized carbons (Fsp3) is 0.480. The molecule has 2 aromatic carbocycles. The van der Waals surface area contributed by atoms with Crippen LogP contribution in [0.5, 0.6) is 0 Å². The van der Waals surface area contributed by atoms with E-state index in [0.717, 1.165) is 70.4 Å². The van der Waals surface area contributed by atoms with E-state index in [9.17, 15) is 9.18 Å². The number of hydrogen-bond acceptors (Lipinski definition) is 1. The second-order valence-corrected chi connectivity index (χ2v) is 8.81. The summed E-state index contributed by atoms with van der Waals surface area (Å²) in [6.45, 7) is 4.54. The molecule has 2 atom stereocenters. The van der Waals surface area contributed by atoms with E-state index in [1.165, 1.54) is 16.5 Å². The third-order valence-corrected chi connectivity index (χ3v) is 6.60. The summed E-state index contributed by atoms with van der Waals surface area (Å²) >= 11 is 0. The highest BCUT2D eigenvalue weighted by Gasteiger charge is 2.33. The summed E-state index contributed by atoms with van der Waals surface area (Å²) in [5.74, 6) is 0.977. The van der Waals surface area contributed by atoms with Crippen molar-refractivity contribution in [3.63, 3.8) is 0 Å². The number of hydrogen-bond donors (Lipinski definition) is 1. The van der Waals surface area contributed by atoms with Gasteiger partial charge in [-0.1, -0.05) is 42.5 Å². The highest BCUT2D eigenvalue weighted by molar-refractivity contribution is 5.79. The molecule has 154 valence electrons. The number of piperidine rings is 2. The Morgan fingerprint density at radius 3 is 2.52 bits per heavy atom. The van der Waals surface area contributed by atoms with Crippen molar-refractivity contribution in [2.45, 2.75) is 38.6 Å². The maximum Gasteiger partial charge on any atom is 0.231 e. The Kier molecular flexibility index (Phi) is 6.60. The molecular formula is C25H32FN2O+. The van der Waals surface area contributed by atoms with Gasteiger partial charge in [0.15, 0.2) is 0 Å². The minimum Gasteiger partial charge on any atom is -0.342 e. The average Bonchev–Trinajstić information content (AvgIpc) is 2.75. The highest BCUT2D eigenvalue weighted by Crippen LogP contribution is 2.23. The molecule has 2 aliphatic rings. The van der Waals surface area contributed by atoms with E-state index in [1.54, 1.807) is 12.1 Å². The molecule has 4 heteroatoms. The van der Waals surface area contributed by atoms with Crippen molar-refractivity contribution < 1.29 is 14.1 Å². The fourth-order valence-corrected chi connectivity index (χ4v) is 5.02. The van der Waals surface area contributed by atoms with Crippen molar-refractivity contribution in [3.05, 3.63) is 71.5 Å². The fourth-order valence-electron chi connectivity index (χ4n) is 5.02. The molecule has 29 heavy (non-hydrogen) atoms. The lowest BCUT2D eigenvalue weighted by Gasteiger charge is -2.36. The molecule has 0 aromatic heterocycles. The van der Waals surface area contributed by atoms with Crippen LogP contribution in [0.3, 0.4) is 0 Å². The number of amides is 1. The summed E-state index contributed by atoms with van der Waals surface area (Å²) in [5, 5.41) is 0. The van der Waals surface area contributed by atoms with Crippen molar-refractivity contribution in [2.75, 3.05) is 26.2 Å². The molecule has 2 heterocycles. The normalized spacial score (nSPS) is 23.1. The molecule has 3 nitrogen and oxygen atoms in total. The lowest BCUT2D eigenvalue weighted by molar-refractivity contribution is -0.921. The van der Waals surface area contributed by atoms with Crippen LogP contribution in [0.15, 0.2) is 54.6 Å². The summed E-state index contributed by atoms with van der Waals surface area (Å²) in [6, 6.07) is 17.6. The molecule has 0 bridgehead atoms. The maximum atomic E-state index is 13.5. The van der Waals surface area contributed by atoms with Crippen LogP contribution in [0.25, 0.3) is 0 Å². The van der Waals surface area contributed by atoms with Crippen molar-refractivity contribution in [1.29, 1.82) is 0 Å². The zero-order chi connectivity index (χ0) is 20.1. The molecule has 0 saturated carbocycles. The molecule has 0 spiro atoms. The van der Waals surface area contributed by atoms with Crippen molar-refractivity contribution in [1.82, 2.24) is 4.90 Å². The second kappa shape index (κ2) is 9.53. The van der Waals surface area contributed by atoms with Gasteiger partial charge < -0.3 is 9.80 Å². The molecule has 4 rings (SSSR count). The first-order valence-electron chi connectivity index (χ1n) is 11.1. The summed E-state index contributed by atoms with van der Waals surface area (Å²) in [4.78, 5) is 16.6. The van der Waals surface area contributed by atoms with Gasteiger partial charge in [0.05, 0.1) is 19.0 Å². The molecule has 2 aliphatic heterocycles. The van der Waals surface area contributed by atoms with Gasteiger partial charge in [-0.05, 0) is 55.7 Å². The minimum atomic E-state index is -0.176. The van der Waals surface area contributed by atoms with Crippen LogP contribution in [0.4, 0.5) is 4.39 Å². The smallest absolute Gasteiger partial charge is 0.231 e. The zero-order valence-electron chi connectivity index (χ0n) is 17.2. The van der Waals surface area contributed by atoms with Gasteiger partial charge in [-0.15, -0.1) is 0 Å². The molecule has 2 fully saturated rings. The van der Waals surface area contributed by atoms with Crippen LogP contribution in [0, 0.1) is 17.7 Å². The predicted molar refractivity (Wildman–Crippen MR) is 113 cm³/mol. The van der Waals surface area contributed by atoms with Crippen LogP contribution >= 0.6 is 0 Å². The van der Waals surface area contributed by atoms with Gasteiger partial charge in [0.25, 0.3) is 0 Å². The van der Waals surface area contributed by atoms with E-state index in [0.29, 0.717) is 11.8 Å². The van der Waals surface area contributed by atoms with Gasteiger partial charge in [0.1, 0.15) is 12.4 Å². The molecule has 2 saturated heterocycles. The zero-order valence-corrected chi connectivity index (χ0v) is 17.2. The second-order valence-electron chi connectivity index (χ2n) is 8.81. The number of rotatable bonds is 5. The Balaban J connectivity index is 1.27. The molecule has 1 amide bonds. The third kappa shape index (κ3) is 5.45. The van der Waals surface area contributed by atoms with E-state index in [2.05, 4.69) is 35.2 Å². The van der Waals surface area contributed by atoms with Crippen LogP contribution in [-0.4, -0.2) is 37.0 Å². The molecule has 1 N–H and O–H groups in total. The van der Waals surface area contributed by atoms with Gasteiger partial charge in [0, 0.05) is 18.7 Å². The van der Waals surface area contributed by atoms with E-state index in [1.807, 2.05) is 6.07 Å². The monoisotopic (exact) mass is 395 g/mol. The number of halogens is 1. The Hall–Kier alpha value is -2.20. The van der Waals surface area contributed by atoms with Crippen molar-refractivity contribution in [3.8, 4) is 0 Å². The molecule has 1 unspecified atom stereocenters. The largest absolute Gasteiger partial charge is 0.342 e. The number of nitrogens with one attached hydrogen (secondary N) is 1. The predicted octanol–water partition coefficient (Wildman–Crippen LogP) is 3.10. The quantitative estimate of drug-likeness (QED) is 0.827. The number of nitrogens with zero attached hydrogens (tertiary/aromatic N) is 1. The number of carbonyl (C=O) groups excluding carboxylic acids is 1. The average molecular weight is 396 g/mol. The number of likely N-dealkylation sites (tertiary alicyclic amines) is 2. The van der Waals surface area contributed by atoms with Gasteiger partial charge >= 0.3 is 0 Å². The summed E-state index contributed by atoms with van der Waals surface area (Å²) in [5.41, 5.74) is 2.43. The topological polar surface area (TPSA) is 24.8 Å². The lowest BCUT2D eigenvalue weighted by Crippen LogP contribution is -3.12. The highest BCUT2D eigenvalue weighted by atomic mass is 19.1.